The van der Waals surface area contributed by atoms with Crippen LogP contribution in [0.5, 0.6) is 0 Å². The summed E-state index contributed by atoms with van der Waals surface area (Å²) in [4.78, 5) is 23.5. The molecular formula is C21H24N2O4S. The molecule has 1 amide bonds. The fourth-order valence-electron chi connectivity index (χ4n) is 2.61. The number of hydrogen-bond donors (Lipinski definition) is 1. The van der Waals surface area contributed by atoms with Gasteiger partial charge in [-0.25, -0.2) is 8.42 Å². The zero-order chi connectivity index (χ0) is 20.7. The van der Waals surface area contributed by atoms with Crippen LogP contribution in [0.2, 0.25) is 0 Å². The Hall–Kier alpha value is -2.77. The summed E-state index contributed by atoms with van der Waals surface area (Å²) in [7, 11) is -3.49. The molecule has 28 heavy (non-hydrogen) atoms. The van der Waals surface area contributed by atoms with Gasteiger partial charge in [0.25, 0.3) is 0 Å². The largest absolute Gasteiger partial charge is 0.323 e. The van der Waals surface area contributed by atoms with Gasteiger partial charge >= 0.3 is 0 Å². The number of benzene rings is 2. The first-order valence-electron chi connectivity index (χ1n) is 8.98. The topological polar surface area (TPSA) is 83.6 Å². The van der Waals surface area contributed by atoms with Crippen molar-refractivity contribution in [3.05, 3.63) is 65.7 Å². The lowest BCUT2D eigenvalue weighted by molar-refractivity contribution is -0.111. The van der Waals surface area contributed by atoms with E-state index in [0.29, 0.717) is 29.9 Å². The Kier molecular flexibility index (Phi) is 7.25. The maximum absolute atomic E-state index is 12.5. The highest BCUT2D eigenvalue weighted by atomic mass is 32.2. The van der Waals surface area contributed by atoms with Crippen molar-refractivity contribution in [2.24, 2.45) is 0 Å². The summed E-state index contributed by atoms with van der Waals surface area (Å²) in [5, 5.41) is 2.70. The number of anilines is 1. The minimum Gasteiger partial charge on any atom is -0.323 e. The summed E-state index contributed by atoms with van der Waals surface area (Å²) < 4.78 is 26.3. The number of sulfonamides is 1. The molecule has 148 valence electrons. The van der Waals surface area contributed by atoms with Crippen molar-refractivity contribution in [1.82, 2.24) is 4.31 Å². The molecule has 0 saturated heterocycles. The second-order valence-corrected chi connectivity index (χ2v) is 8.05. The van der Waals surface area contributed by atoms with Gasteiger partial charge in [-0.05, 0) is 55.0 Å². The predicted octanol–water partition coefficient (Wildman–Crippen LogP) is 3.57. The van der Waals surface area contributed by atoms with Gasteiger partial charge in [-0.2, -0.15) is 4.31 Å². The van der Waals surface area contributed by atoms with E-state index in [9.17, 15) is 18.0 Å². The van der Waals surface area contributed by atoms with Crippen LogP contribution in [0.15, 0.2) is 59.5 Å². The normalized spacial score (nSPS) is 11.7. The van der Waals surface area contributed by atoms with E-state index in [1.165, 1.54) is 29.4 Å². The van der Waals surface area contributed by atoms with Gasteiger partial charge in [0, 0.05) is 30.4 Å². The summed E-state index contributed by atoms with van der Waals surface area (Å²) in [5.74, 6) is -0.361. The van der Waals surface area contributed by atoms with Gasteiger partial charge in [-0.3, -0.25) is 9.59 Å². The maximum atomic E-state index is 12.5. The molecule has 0 fully saturated rings. The number of nitrogens with zero attached hydrogens (tertiary/aromatic N) is 1. The molecule has 0 atom stereocenters. The number of rotatable bonds is 8. The molecule has 0 saturated carbocycles. The minimum absolute atomic E-state index is 0.0378. The molecule has 0 aliphatic rings. The summed E-state index contributed by atoms with van der Waals surface area (Å²) in [5.41, 5.74) is 1.87. The lowest BCUT2D eigenvalue weighted by atomic mass is 10.1. The minimum atomic E-state index is -3.49. The fourth-order valence-corrected chi connectivity index (χ4v) is 4.07. The standard InChI is InChI=1S/C21H24N2O4S/c1-4-23(5-2)28(26,27)20-13-6-17(7-14-20)8-15-21(25)22-19-11-9-18(10-12-19)16(3)24/h6-15H,4-5H2,1-3H3,(H,22,25)/b15-8+. The van der Waals surface area contributed by atoms with E-state index in [4.69, 9.17) is 0 Å². The summed E-state index contributed by atoms with van der Waals surface area (Å²) in [6.45, 7) is 5.89. The molecule has 2 aromatic rings. The second-order valence-electron chi connectivity index (χ2n) is 6.11. The van der Waals surface area contributed by atoms with Crippen LogP contribution in [0.3, 0.4) is 0 Å². The summed E-state index contributed by atoms with van der Waals surface area (Å²) >= 11 is 0. The molecule has 6 nitrogen and oxygen atoms in total. The quantitative estimate of drug-likeness (QED) is 0.542. The van der Waals surface area contributed by atoms with Gasteiger partial charge in [-0.15, -0.1) is 0 Å². The van der Waals surface area contributed by atoms with Crippen molar-refractivity contribution in [3.63, 3.8) is 0 Å². The second kappa shape index (κ2) is 9.43. The number of ketones is 1. The average Bonchev–Trinajstić information content (AvgIpc) is 2.68. The van der Waals surface area contributed by atoms with Crippen LogP contribution in [-0.4, -0.2) is 37.5 Å². The maximum Gasteiger partial charge on any atom is 0.248 e. The van der Waals surface area contributed by atoms with Gasteiger partial charge in [0.05, 0.1) is 4.90 Å². The average molecular weight is 401 g/mol. The number of nitrogens with one attached hydrogen (secondary N) is 1. The van der Waals surface area contributed by atoms with Crippen LogP contribution in [0, 0.1) is 0 Å². The van der Waals surface area contributed by atoms with E-state index in [1.54, 1.807) is 56.3 Å². The van der Waals surface area contributed by atoms with E-state index in [0.717, 1.165) is 0 Å². The van der Waals surface area contributed by atoms with E-state index < -0.39 is 10.0 Å². The Balaban J connectivity index is 2.04. The third-order valence-corrected chi connectivity index (χ3v) is 6.27. The SMILES string of the molecule is CCN(CC)S(=O)(=O)c1ccc(/C=C/C(=O)Nc2ccc(C(C)=O)cc2)cc1. The molecule has 1 N–H and O–H groups in total. The molecule has 0 aliphatic carbocycles. The number of carbonyl (C=O) groups excluding carboxylic acids is 2. The number of carbonyl (C=O) groups is 2. The highest BCUT2D eigenvalue weighted by Gasteiger charge is 2.20. The highest BCUT2D eigenvalue weighted by molar-refractivity contribution is 7.89. The van der Waals surface area contributed by atoms with Crippen LogP contribution in [-0.2, 0) is 14.8 Å². The Morgan fingerprint density at radius 3 is 2.04 bits per heavy atom. The predicted molar refractivity (Wildman–Crippen MR) is 111 cm³/mol. The molecule has 0 aromatic heterocycles. The first-order valence-corrected chi connectivity index (χ1v) is 10.4. The van der Waals surface area contributed by atoms with E-state index >= 15 is 0 Å². The molecule has 0 unspecified atom stereocenters. The van der Waals surface area contributed by atoms with Crippen molar-refractivity contribution in [2.45, 2.75) is 25.7 Å². The van der Waals surface area contributed by atoms with E-state index in [2.05, 4.69) is 5.32 Å². The van der Waals surface area contributed by atoms with Crippen LogP contribution in [0.25, 0.3) is 6.08 Å². The van der Waals surface area contributed by atoms with E-state index in [1.807, 2.05) is 0 Å². The number of hydrogen-bond acceptors (Lipinski definition) is 4. The molecule has 2 rings (SSSR count). The zero-order valence-electron chi connectivity index (χ0n) is 16.2. The van der Waals surface area contributed by atoms with Crippen molar-refractivity contribution in [1.29, 1.82) is 0 Å². The van der Waals surface area contributed by atoms with Crippen LogP contribution in [0.4, 0.5) is 5.69 Å². The number of Topliss-reactive ketones (excluding diaryl/α,β-unsaturated/α-hetero) is 1. The third-order valence-electron chi connectivity index (χ3n) is 4.21. The molecule has 0 radical (unpaired) electrons. The summed E-state index contributed by atoms with van der Waals surface area (Å²) in [6.07, 6.45) is 2.97. The van der Waals surface area contributed by atoms with Crippen molar-refractivity contribution in [2.75, 3.05) is 18.4 Å². The Morgan fingerprint density at radius 1 is 0.964 bits per heavy atom. The van der Waals surface area contributed by atoms with Crippen LogP contribution in [0.1, 0.15) is 36.7 Å². The van der Waals surface area contributed by atoms with Crippen LogP contribution < -0.4 is 5.32 Å². The monoisotopic (exact) mass is 400 g/mol. The first-order chi connectivity index (χ1) is 13.3. The van der Waals surface area contributed by atoms with Crippen molar-refractivity contribution in [3.8, 4) is 0 Å². The Labute approximate surface area is 165 Å². The highest BCUT2D eigenvalue weighted by Crippen LogP contribution is 2.17. The smallest absolute Gasteiger partial charge is 0.248 e. The summed E-state index contributed by atoms with van der Waals surface area (Å²) in [6, 6.07) is 13.0. The molecule has 0 heterocycles. The van der Waals surface area contributed by atoms with Gasteiger partial charge in [-0.1, -0.05) is 26.0 Å². The molecule has 0 spiro atoms. The Morgan fingerprint density at radius 2 is 1.54 bits per heavy atom. The van der Waals surface area contributed by atoms with Gasteiger partial charge in [0.2, 0.25) is 15.9 Å². The zero-order valence-corrected chi connectivity index (χ0v) is 17.0. The molecular weight excluding hydrogens is 376 g/mol. The molecule has 2 aromatic carbocycles. The lowest BCUT2D eigenvalue weighted by Crippen LogP contribution is -2.30. The van der Waals surface area contributed by atoms with Crippen molar-refractivity contribution >= 4 is 33.5 Å². The molecule has 0 bridgehead atoms. The third kappa shape index (κ3) is 5.37. The molecule has 0 aliphatic heterocycles. The molecule has 7 heteroatoms. The fraction of sp³-hybridized carbons (Fsp3) is 0.238. The van der Waals surface area contributed by atoms with Gasteiger partial charge in [0.15, 0.2) is 5.78 Å². The number of amides is 1. The lowest BCUT2D eigenvalue weighted by Gasteiger charge is -2.18. The van der Waals surface area contributed by atoms with Gasteiger partial charge in [0.1, 0.15) is 0 Å². The van der Waals surface area contributed by atoms with Crippen LogP contribution >= 0.6 is 0 Å². The van der Waals surface area contributed by atoms with Gasteiger partial charge < -0.3 is 5.32 Å². The first kappa shape index (κ1) is 21.5. The van der Waals surface area contributed by atoms with Crippen molar-refractivity contribution < 1.29 is 18.0 Å². The Bertz CT molecular complexity index is 958. The van der Waals surface area contributed by atoms with E-state index in [-0.39, 0.29) is 16.6 Å².